The van der Waals surface area contributed by atoms with Crippen molar-refractivity contribution in [3.05, 3.63) is 32.8 Å². The van der Waals surface area contributed by atoms with Gasteiger partial charge in [-0.1, -0.05) is 25.0 Å². The molecule has 1 aromatic rings. The third kappa shape index (κ3) is 3.16. The summed E-state index contributed by atoms with van der Waals surface area (Å²) in [6, 6.07) is 3.85. The lowest BCUT2D eigenvalue weighted by Gasteiger charge is -2.64. The van der Waals surface area contributed by atoms with Crippen molar-refractivity contribution >= 4 is 24.4 Å². The Morgan fingerprint density at radius 3 is 3.00 bits per heavy atom. The number of hydrogen-bond donors (Lipinski definition) is 1. The normalized spacial score (nSPS) is 34.2. The number of nitrogens with zero attached hydrogens (tertiary/aromatic N) is 3. The molecule has 1 aromatic heterocycles. The molecule has 1 N–H and O–H groups in total. The molecule has 1 aliphatic heterocycles. The molecule has 1 unspecified atom stereocenters. The van der Waals surface area contributed by atoms with Crippen molar-refractivity contribution in [3.63, 3.8) is 0 Å². The predicted molar refractivity (Wildman–Crippen MR) is 104 cm³/mol. The Bertz CT molecular complexity index is 767. The van der Waals surface area contributed by atoms with E-state index in [1.54, 1.807) is 11.3 Å². The fourth-order valence-corrected chi connectivity index (χ4v) is 5.93. The van der Waals surface area contributed by atoms with Crippen LogP contribution in [0.3, 0.4) is 0 Å². The molecule has 2 heterocycles. The molecule has 5 atom stereocenters. The first-order valence-corrected chi connectivity index (χ1v) is 10.4. The van der Waals surface area contributed by atoms with Crippen LogP contribution >= 0.6 is 11.3 Å². The number of thiophene rings is 1. The summed E-state index contributed by atoms with van der Waals surface area (Å²) in [5.41, 5.74) is 8.64. The second-order valence-corrected chi connectivity index (χ2v) is 9.71. The second-order valence-electron chi connectivity index (χ2n) is 8.68. The standard InChI is InChI=1S/C18H25BN4O3S/c1-17(2)11-7-13(17)18(3)14(8-11)25-19(26-18)15(10-21-23-20)22-16(24)9-12-5-4-6-27-12/h4-6,11,13-15H,7-10H2,1-3H3,(H,22,24)/t11-,13-,14?,15-,18-/m0/s1. The molecule has 0 spiro atoms. The van der Waals surface area contributed by atoms with Gasteiger partial charge in [0.1, 0.15) is 0 Å². The number of carbonyl (C=O) groups is 1. The molecule has 144 valence electrons. The Kier molecular flexibility index (Phi) is 4.75. The van der Waals surface area contributed by atoms with Crippen LogP contribution < -0.4 is 5.32 Å². The van der Waals surface area contributed by atoms with Gasteiger partial charge in [-0.25, -0.2) is 0 Å². The van der Waals surface area contributed by atoms with E-state index in [2.05, 4.69) is 36.1 Å². The Balaban J connectivity index is 1.47. The maximum absolute atomic E-state index is 12.5. The van der Waals surface area contributed by atoms with E-state index >= 15 is 0 Å². The Morgan fingerprint density at radius 2 is 2.33 bits per heavy atom. The number of rotatable bonds is 6. The van der Waals surface area contributed by atoms with Gasteiger partial charge in [-0.05, 0) is 54.0 Å². The first kappa shape index (κ1) is 18.8. The SMILES string of the molecule is CC1(C)[C@@H]2CC3OB([C@H](CN=[N+]=[N-])NC(=O)Cc4cccs4)O[C@@]3(C)[C@H]1C2. The minimum atomic E-state index is -0.590. The Morgan fingerprint density at radius 1 is 1.52 bits per heavy atom. The quantitative estimate of drug-likeness (QED) is 0.350. The first-order chi connectivity index (χ1) is 12.8. The van der Waals surface area contributed by atoms with Gasteiger partial charge in [-0.2, -0.15) is 0 Å². The highest BCUT2D eigenvalue weighted by molar-refractivity contribution is 7.10. The van der Waals surface area contributed by atoms with Gasteiger partial charge in [0.2, 0.25) is 5.91 Å². The van der Waals surface area contributed by atoms with Crippen LogP contribution in [-0.2, 0) is 20.5 Å². The Hall–Kier alpha value is -1.54. The zero-order valence-electron chi connectivity index (χ0n) is 15.9. The van der Waals surface area contributed by atoms with Gasteiger partial charge in [0, 0.05) is 16.3 Å². The lowest BCUT2D eigenvalue weighted by molar-refractivity contribution is -0.199. The molecule has 1 amide bonds. The van der Waals surface area contributed by atoms with Crippen molar-refractivity contribution in [2.75, 3.05) is 6.54 Å². The number of carbonyl (C=O) groups excluding carboxylic acids is 1. The van der Waals surface area contributed by atoms with E-state index in [-0.39, 0.29) is 29.6 Å². The van der Waals surface area contributed by atoms with E-state index in [9.17, 15) is 4.79 Å². The molecule has 27 heavy (non-hydrogen) atoms. The highest BCUT2D eigenvalue weighted by Crippen LogP contribution is 2.65. The second kappa shape index (κ2) is 6.81. The minimum Gasteiger partial charge on any atom is -0.404 e. The lowest BCUT2D eigenvalue weighted by atomic mass is 9.43. The maximum atomic E-state index is 12.5. The van der Waals surface area contributed by atoms with Crippen LogP contribution in [0.2, 0.25) is 0 Å². The van der Waals surface area contributed by atoms with Crippen molar-refractivity contribution in [2.45, 2.75) is 57.7 Å². The van der Waals surface area contributed by atoms with Crippen molar-refractivity contribution in [3.8, 4) is 0 Å². The van der Waals surface area contributed by atoms with E-state index in [0.717, 1.165) is 11.3 Å². The van der Waals surface area contributed by atoms with Gasteiger partial charge in [-0.15, -0.1) is 11.3 Å². The van der Waals surface area contributed by atoms with Gasteiger partial charge < -0.3 is 14.6 Å². The highest BCUT2D eigenvalue weighted by atomic mass is 32.1. The van der Waals surface area contributed by atoms with Gasteiger partial charge in [-0.3, -0.25) is 4.79 Å². The topological polar surface area (TPSA) is 96.3 Å². The van der Waals surface area contributed by atoms with E-state index in [4.69, 9.17) is 14.8 Å². The molecule has 0 aromatic carbocycles. The summed E-state index contributed by atoms with van der Waals surface area (Å²) in [6.07, 6.45) is 2.48. The molecule has 4 fully saturated rings. The maximum Gasteiger partial charge on any atom is 0.481 e. The van der Waals surface area contributed by atoms with Gasteiger partial charge >= 0.3 is 7.12 Å². The summed E-state index contributed by atoms with van der Waals surface area (Å²) >= 11 is 1.54. The van der Waals surface area contributed by atoms with E-state index in [1.165, 1.54) is 6.42 Å². The molecule has 2 bridgehead atoms. The summed E-state index contributed by atoms with van der Waals surface area (Å²) in [6.45, 7) is 6.86. The molecule has 7 nitrogen and oxygen atoms in total. The average Bonchev–Trinajstić information content (AvgIpc) is 3.24. The fourth-order valence-electron chi connectivity index (χ4n) is 5.22. The minimum absolute atomic E-state index is 0.0297. The zero-order chi connectivity index (χ0) is 19.2. The highest BCUT2D eigenvalue weighted by Gasteiger charge is 2.68. The van der Waals surface area contributed by atoms with Crippen molar-refractivity contribution in [2.24, 2.45) is 22.4 Å². The molecule has 5 rings (SSSR count). The average molecular weight is 388 g/mol. The number of hydrogen-bond acceptors (Lipinski definition) is 5. The van der Waals surface area contributed by atoms with Gasteiger partial charge in [0.15, 0.2) is 0 Å². The van der Waals surface area contributed by atoms with E-state index < -0.39 is 13.1 Å². The van der Waals surface area contributed by atoms with Crippen LogP contribution in [0.1, 0.15) is 38.5 Å². The fraction of sp³-hybridized carbons (Fsp3) is 0.722. The zero-order valence-corrected chi connectivity index (χ0v) is 16.7. The van der Waals surface area contributed by atoms with Crippen molar-refractivity contribution < 1.29 is 14.1 Å². The van der Waals surface area contributed by atoms with Crippen LogP contribution in [0.25, 0.3) is 10.4 Å². The predicted octanol–water partition coefficient (Wildman–Crippen LogP) is 3.35. The molecule has 0 radical (unpaired) electrons. The van der Waals surface area contributed by atoms with Crippen LogP contribution in [-0.4, -0.2) is 37.2 Å². The van der Waals surface area contributed by atoms with Crippen LogP contribution in [0.5, 0.6) is 0 Å². The molecule has 1 saturated heterocycles. The van der Waals surface area contributed by atoms with Gasteiger partial charge in [0.25, 0.3) is 0 Å². The monoisotopic (exact) mass is 388 g/mol. The smallest absolute Gasteiger partial charge is 0.404 e. The summed E-state index contributed by atoms with van der Waals surface area (Å²) < 4.78 is 12.7. The first-order valence-electron chi connectivity index (χ1n) is 9.50. The lowest BCUT2D eigenvalue weighted by Crippen LogP contribution is -2.65. The van der Waals surface area contributed by atoms with Crippen molar-refractivity contribution in [1.29, 1.82) is 0 Å². The molecular formula is C18H25BN4O3S. The molecule has 3 saturated carbocycles. The third-order valence-corrected chi connectivity index (χ3v) is 7.78. The van der Waals surface area contributed by atoms with Gasteiger partial charge in [0.05, 0.1) is 24.1 Å². The third-order valence-electron chi connectivity index (χ3n) is 6.90. The largest absolute Gasteiger partial charge is 0.481 e. The number of amides is 1. The van der Waals surface area contributed by atoms with E-state index in [1.807, 2.05) is 17.5 Å². The van der Waals surface area contributed by atoms with Crippen LogP contribution in [0.15, 0.2) is 22.6 Å². The molecular weight excluding hydrogens is 363 g/mol. The molecule has 3 aliphatic carbocycles. The summed E-state index contributed by atoms with van der Waals surface area (Å²) in [7, 11) is -0.590. The van der Waals surface area contributed by atoms with E-state index in [0.29, 0.717) is 18.3 Å². The molecule has 4 aliphatic rings. The number of azide groups is 1. The summed E-state index contributed by atoms with van der Waals surface area (Å²) in [5.74, 6) is 0.496. The summed E-state index contributed by atoms with van der Waals surface area (Å²) in [5, 5.41) is 8.58. The van der Waals surface area contributed by atoms with Crippen LogP contribution in [0.4, 0.5) is 0 Å². The van der Waals surface area contributed by atoms with Crippen molar-refractivity contribution in [1.82, 2.24) is 5.32 Å². The Labute approximate surface area is 163 Å². The summed E-state index contributed by atoms with van der Waals surface area (Å²) in [4.78, 5) is 16.3. The number of nitrogens with one attached hydrogen (secondary N) is 1. The van der Waals surface area contributed by atoms with Crippen LogP contribution in [0, 0.1) is 17.3 Å². The molecule has 9 heteroatoms.